The molecule has 3 fully saturated rings. The van der Waals surface area contributed by atoms with Crippen LogP contribution in [0.15, 0.2) is 29.4 Å². The molecule has 37 heavy (non-hydrogen) atoms. The smallest absolute Gasteiger partial charge is 0.410 e. The number of rotatable bonds is 6. The Balaban J connectivity index is 1.27. The van der Waals surface area contributed by atoms with Crippen molar-refractivity contribution >= 4 is 27.4 Å². The topological polar surface area (TPSA) is 111 Å². The van der Waals surface area contributed by atoms with Crippen LogP contribution >= 0.6 is 0 Å². The molecule has 0 spiro atoms. The van der Waals surface area contributed by atoms with Crippen molar-refractivity contribution in [2.45, 2.75) is 107 Å². The summed E-state index contributed by atoms with van der Waals surface area (Å²) >= 11 is 0. The maximum Gasteiger partial charge on any atom is 0.410 e. The zero-order valence-electron chi connectivity index (χ0n) is 22.2. The van der Waals surface area contributed by atoms with Gasteiger partial charge in [0.05, 0.1) is 15.7 Å². The Morgan fingerprint density at radius 3 is 2.32 bits per heavy atom. The van der Waals surface area contributed by atoms with Crippen molar-refractivity contribution < 1.29 is 22.7 Å². The summed E-state index contributed by atoms with van der Waals surface area (Å²) in [5, 5.41) is 3.08. The molecule has 0 radical (unpaired) electrons. The van der Waals surface area contributed by atoms with E-state index in [2.05, 4.69) is 15.3 Å². The molecule has 2 aromatic rings. The molecule has 1 aliphatic carbocycles. The summed E-state index contributed by atoms with van der Waals surface area (Å²) in [5.41, 5.74) is 1.87. The monoisotopic (exact) mass is 528 g/mol. The van der Waals surface area contributed by atoms with Gasteiger partial charge in [0.2, 0.25) is 5.88 Å². The first kappa shape index (κ1) is 25.8. The van der Waals surface area contributed by atoms with Gasteiger partial charge in [0.25, 0.3) is 0 Å². The van der Waals surface area contributed by atoms with Crippen LogP contribution in [0.3, 0.4) is 0 Å². The second-order valence-corrected chi connectivity index (χ2v) is 13.7. The summed E-state index contributed by atoms with van der Waals surface area (Å²) < 4.78 is 37.2. The fourth-order valence-corrected chi connectivity index (χ4v) is 7.06. The minimum Gasteiger partial charge on any atom is -0.474 e. The molecule has 2 unspecified atom stereocenters. The molecule has 3 aliphatic rings. The van der Waals surface area contributed by atoms with Gasteiger partial charge in [0, 0.05) is 30.6 Å². The number of carbonyl (C=O) groups is 1. The minimum absolute atomic E-state index is 0.0497. The lowest BCUT2D eigenvalue weighted by Gasteiger charge is -2.39. The lowest BCUT2D eigenvalue weighted by atomic mass is 10.00. The summed E-state index contributed by atoms with van der Waals surface area (Å²) in [6.07, 6.45) is 6.03. The molecular weight excluding hydrogens is 492 g/mol. The Labute approximate surface area is 218 Å². The molecule has 3 heterocycles. The Morgan fingerprint density at radius 2 is 1.73 bits per heavy atom. The third-order valence-corrected chi connectivity index (χ3v) is 9.61. The molecule has 3 atom stereocenters. The molecule has 2 saturated heterocycles. The van der Waals surface area contributed by atoms with Gasteiger partial charge in [-0.1, -0.05) is 0 Å². The first-order chi connectivity index (χ1) is 17.4. The van der Waals surface area contributed by atoms with E-state index in [-0.39, 0.29) is 29.5 Å². The number of hydrogen-bond acceptors (Lipinski definition) is 8. The van der Waals surface area contributed by atoms with Gasteiger partial charge in [-0.3, -0.25) is 0 Å². The number of ether oxygens (including phenoxy) is 2. The number of fused-ring (bicyclic) bond motifs is 2. The third kappa shape index (κ3) is 5.39. The van der Waals surface area contributed by atoms with Gasteiger partial charge in [-0.05, 0) is 84.1 Å². The molecule has 2 bridgehead atoms. The van der Waals surface area contributed by atoms with Crippen LogP contribution in [0, 0.1) is 13.8 Å². The highest BCUT2D eigenvalue weighted by molar-refractivity contribution is 7.92. The number of hydrogen-bond donors (Lipinski definition) is 1. The number of piperidine rings is 1. The van der Waals surface area contributed by atoms with Crippen LogP contribution in [0.2, 0.25) is 0 Å². The van der Waals surface area contributed by atoms with Gasteiger partial charge in [0.1, 0.15) is 23.9 Å². The molecule has 1 amide bonds. The van der Waals surface area contributed by atoms with E-state index < -0.39 is 15.4 Å². The van der Waals surface area contributed by atoms with Crippen molar-refractivity contribution in [1.29, 1.82) is 0 Å². The molecular formula is C27H36N4O5S. The van der Waals surface area contributed by atoms with Gasteiger partial charge < -0.3 is 19.7 Å². The van der Waals surface area contributed by atoms with Crippen LogP contribution in [-0.4, -0.2) is 58.4 Å². The maximum atomic E-state index is 12.8. The predicted octanol–water partition coefficient (Wildman–Crippen LogP) is 5.08. The zero-order chi connectivity index (χ0) is 26.5. The summed E-state index contributed by atoms with van der Waals surface area (Å²) in [5.74, 6) is 1.12. The van der Waals surface area contributed by atoms with Crippen LogP contribution in [-0.2, 0) is 14.6 Å². The summed E-state index contributed by atoms with van der Waals surface area (Å²) in [6, 6.07) is 5.37. The number of benzene rings is 1. The average Bonchev–Trinajstić information content (AvgIpc) is 3.62. The summed E-state index contributed by atoms with van der Waals surface area (Å²) in [6.45, 7) is 9.45. The number of nitrogens with one attached hydrogen (secondary N) is 1. The largest absolute Gasteiger partial charge is 0.474 e. The molecule has 1 aromatic carbocycles. The van der Waals surface area contributed by atoms with Crippen LogP contribution in [0.5, 0.6) is 5.88 Å². The van der Waals surface area contributed by atoms with Crippen molar-refractivity contribution in [3.63, 3.8) is 0 Å². The molecule has 5 rings (SSSR count). The molecule has 1 aromatic heterocycles. The highest BCUT2D eigenvalue weighted by Gasteiger charge is 2.45. The van der Waals surface area contributed by atoms with E-state index in [1.807, 2.05) is 39.5 Å². The number of aromatic nitrogens is 2. The predicted molar refractivity (Wildman–Crippen MR) is 140 cm³/mol. The molecule has 1 N–H and O–H groups in total. The Morgan fingerprint density at radius 1 is 1.05 bits per heavy atom. The van der Waals surface area contributed by atoms with E-state index in [1.165, 1.54) is 6.33 Å². The Bertz CT molecular complexity index is 1290. The molecule has 2 aliphatic heterocycles. The SMILES string of the molecule is Cc1cc(S(=O)(=O)C2CC2)ccc1Nc1ncnc(OC2CC3CC[C@@H](C2)N3C(=O)OC(C)(C)C)c1C. The average molecular weight is 529 g/mol. The van der Waals surface area contributed by atoms with Crippen molar-refractivity contribution in [2.75, 3.05) is 5.32 Å². The van der Waals surface area contributed by atoms with E-state index in [0.717, 1.165) is 55.3 Å². The van der Waals surface area contributed by atoms with Crippen molar-refractivity contribution in [2.24, 2.45) is 0 Å². The van der Waals surface area contributed by atoms with Gasteiger partial charge in [0.15, 0.2) is 9.84 Å². The lowest BCUT2D eigenvalue weighted by Crippen LogP contribution is -2.50. The lowest BCUT2D eigenvalue weighted by molar-refractivity contribution is -0.00770. The van der Waals surface area contributed by atoms with Gasteiger partial charge in [-0.15, -0.1) is 0 Å². The van der Waals surface area contributed by atoms with Crippen molar-refractivity contribution in [3.8, 4) is 5.88 Å². The van der Waals surface area contributed by atoms with Crippen LogP contribution in [0.4, 0.5) is 16.3 Å². The van der Waals surface area contributed by atoms with E-state index in [1.54, 1.807) is 18.2 Å². The highest BCUT2D eigenvalue weighted by atomic mass is 32.2. The number of sulfone groups is 1. The summed E-state index contributed by atoms with van der Waals surface area (Å²) in [7, 11) is -3.24. The first-order valence-corrected chi connectivity index (χ1v) is 14.6. The van der Waals surface area contributed by atoms with Crippen LogP contribution in [0.1, 0.15) is 70.4 Å². The van der Waals surface area contributed by atoms with Gasteiger partial charge in [-0.2, -0.15) is 0 Å². The second kappa shape index (κ2) is 9.45. The van der Waals surface area contributed by atoms with E-state index in [4.69, 9.17) is 9.47 Å². The highest BCUT2D eigenvalue weighted by Crippen LogP contribution is 2.39. The number of aryl methyl sites for hydroxylation is 1. The molecule has 9 nitrogen and oxygen atoms in total. The maximum absolute atomic E-state index is 12.8. The molecule has 10 heteroatoms. The number of amides is 1. The van der Waals surface area contributed by atoms with Crippen LogP contribution < -0.4 is 10.1 Å². The Hall–Kier alpha value is -2.88. The number of anilines is 2. The Kier molecular flexibility index (Phi) is 6.58. The molecule has 200 valence electrons. The van der Waals surface area contributed by atoms with Crippen LogP contribution in [0.25, 0.3) is 0 Å². The van der Waals surface area contributed by atoms with Gasteiger partial charge >= 0.3 is 6.09 Å². The standard InChI is InChI=1S/C27H36N4O5S/c1-16-12-22(37(33,34)21-8-9-21)10-11-23(16)30-24-17(2)25(29-15-28-24)35-20-13-18-6-7-19(14-20)31(18)26(32)36-27(3,4)5/h10-12,15,18-21H,6-9,13-14H2,1-5H3,(H,28,29,30)/t18-,19?,20?/m0/s1. The normalized spacial score (nSPS) is 23.6. The molecule has 1 saturated carbocycles. The van der Waals surface area contributed by atoms with Gasteiger partial charge in [-0.25, -0.2) is 23.2 Å². The number of carbonyl (C=O) groups excluding carboxylic acids is 1. The summed E-state index contributed by atoms with van der Waals surface area (Å²) in [4.78, 5) is 23.8. The van der Waals surface area contributed by atoms with E-state index in [9.17, 15) is 13.2 Å². The zero-order valence-corrected chi connectivity index (χ0v) is 23.0. The van der Waals surface area contributed by atoms with E-state index >= 15 is 0 Å². The second-order valence-electron chi connectivity index (χ2n) is 11.5. The number of nitrogens with zero attached hydrogens (tertiary/aromatic N) is 3. The fraction of sp³-hybridized carbons (Fsp3) is 0.593. The minimum atomic E-state index is -3.24. The van der Waals surface area contributed by atoms with Crippen molar-refractivity contribution in [3.05, 3.63) is 35.7 Å². The van der Waals surface area contributed by atoms with Crippen molar-refractivity contribution in [1.82, 2.24) is 14.9 Å². The fourth-order valence-electron chi connectivity index (χ4n) is 5.32. The first-order valence-electron chi connectivity index (χ1n) is 13.0. The van der Waals surface area contributed by atoms with E-state index in [0.29, 0.717) is 16.6 Å². The quantitative estimate of drug-likeness (QED) is 0.552. The third-order valence-electron chi connectivity index (χ3n) is 7.35.